The molecule has 5 aromatic rings. The molecule has 0 aliphatic heterocycles. The number of aromatic nitrogens is 4. The van der Waals surface area contributed by atoms with Gasteiger partial charge in [-0.15, -0.1) is 21.5 Å². The van der Waals surface area contributed by atoms with Crippen molar-refractivity contribution in [3.8, 4) is 17.3 Å². The largest absolute Gasteiger partial charge is 0.461 e. The number of carbonyl (C=O) groups is 1. The smallest absolute Gasteiger partial charge is 0.236 e. The molecule has 34 heavy (non-hydrogen) atoms. The molecule has 0 aliphatic rings. The first-order chi connectivity index (χ1) is 16.7. The first kappa shape index (κ1) is 22.1. The van der Waals surface area contributed by atoms with Gasteiger partial charge in [0.05, 0.1) is 12.0 Å². The molecule has 0 radical (unpaired) electrons. The third-order valence-electron chi connectivity index (χ3n) is 5.02. The predicted molar refractivity (Wildman–Crippen MR) is 135 cm³/mol. The summed E-state index contributed by atoms with van der Waals surface area (Å²) in [4.78, 5) is 18.1. The summed E-state index contributed by atoms with van der Waals surface area (Å²) in [7, 11) is 0. The maximum absolute atomic E-state index is 12.6. The number of anilines is 1. The molecule has 170 valence electrons. The van der Waals surface area contributed by atoms with E-state index in [0.717, 1.165) is 22.5 Å². The quantitative estimate of drug-likeness (QED) is 0.286. The molecule has 0 spiro atoms. The maximum Gasteiger partial charge on any atom is 0.236 e. The summed E-state index contributed by atoms with van der Waals surface area (Å²) in [6.45, 7) is 2.03. The summed E-state index contributed by atoms with van der Waals surface area (Å²) in [5.41, 5.74) is 3.26. The summed E-state index contributed by atoms with van der Waals surface area (Å²) in [6.07, 6.45) is 4.20. The lowest BCUT2D eigenvalue weighted by molar-refractivity contribution is -0.113. The lowest BCUT2D eigenvalue weighted by Crippen LogP contribution is -2.14. The maximum atomic E-state index is 12.6. The van der Waals surface area contributed by atoms with Gasteiger partial charge in [0, 0.05) is 23.2 Å². The minimum Gasteiger partial charge on any atom is -0.461 e. The molecule has 0 aliphatic carbocycles. The van der Waals surface area contributed by atoms with Crippen LogP contribution in [0.3, 0.4) is 0 Å². The highest BCUT2D eigenvalue weighted by atomic mass is 32.2. The van der Waals surface area contributed by atoms with E-state index in [-0.39, 0.29) is 11.7 Å². The molecular formula is C25H21N5O2S2. The van der Waals surface area contributed by atoms with Crippen molar-refractivity contribution in [2.45, 2.75) is 18.5 Å². The van der Waals surface area contributed by atoms with Crippen LogP contribution in [0.4, 0.5) is 5.13 Å². The molecule has 3 aromatic heterocycles. The summed E-state index contributed by atoms with van der Waals surface area (Å²) < 4.78 is 7.45. The van der Waals surface area contributed by atoms with Crippen LogP contribution in [-0.2, 0) is 11.2 Å². The number of nitrogens with zero attached hydrogens (tertiary/aromatic N) is 4. The molecule has 5 rings (SSSR count). The summed E-state index contributed by atoms with van der Waals surface area (Å²) in [5.74, 6) is 1.22. The first-order valence-corrected chi connectivity index (χ1v) is 12.4. The second kappa shape index (κ2) is 10.1. The molecule has 3 heterocycles. The van der Waals surface area contributed by atoms with Crippen LogP contribution in [-0.4, -0.2) is 31.4 Å². The van der Waals surface area contributed by atoms with E-state index in [1.807, 2.05) is 72.3 Å². The molecule has 7 nitrogen and oxygen atoms in total. The van der Waals surface area contributed by atoms with Gasteiger partial charge in [0.2, 0.25) is 11.7 Å². The zero-order valence-electron chi connectivity index (χ0n) is 18.3. The molecule has 0 bridgehead atoms. The van der Waals surface area contributed by atoms with Gasteiger partial charge < -0.3 is 9.73 Å². The van der Waals surface area contributed by atoms with Gasteiger partial charge in [-0.25, -0.2) is 4.98 Å². The highest BCUT2D eigenvalue weighted by molar-refractivity contribution is 7.99. The minimum absolute atomic E-state index is 0.149. The van der Waals surface area contributed by atoms with Crippen LogP contribution in [0.2, 0.25) is 0 Å². The van der Waals surface area contributed by atoms with Gasteiger partial charge in [-0.3, -0.25) is 9.36 Å². The van der Waals surface area contributed by atoms with Gasteiger partial charge in [0.15, 0.2) is 16.0 Å². The van der Waals surface area contributed by atoms with Crippen LogP contribution in [0.1, 0.15) is 16.0 Å². The zero-order chi connectivity index (χ0) is 23.3. The molecule has 2 aromatic carbocycles. The number of furan rings is 1. The average molecular weight is 488 g/mol. The lowest BCUT2D eigenvalue weighted by Gasteiger charge is -2.09. The standard InChI is InChI=1S/C25H21N5O2S2/c1-17-9-11-19(12-10-17)30-23(21-8-5-13-32-21)28-29-25(30)33-16-22(31)27-24-26-15-20(34-24)14-18-6-3-2-4-7-18/h2-13,15H,14,16H2,1H3,(H,26,27,31). The van der Waals surface area contributed by atoms with Gasteiger partial charge in [-0.2, -0.15) is 0 Å². The SMILES string of the molecule is Cc1ccc(-n2c(SCC(=O)Nc3ncc(Cc4ccccc4)s3)nnc2-c2ccco2)cc1. The van der Waals surface area contributed by atoms with E-state index in [4.69, 9.17) is 4.42 Å². The summed E-state index contributed by atoms with van der Waals surface area (Å²) >= 11 is 2.80. The molecular weight excluding hydrogens is 466 g/mol. The van der Waals surface area contributed by atoms with Gasteiger partial charge in [-0.05, 0) is 36.8 Å². The Morgan fingerprint density at radius 3 is 2.65 bits per heavy atom. The number of rotatable bonds is 8. The Bertz CT molecular complexity index is 1380. The number of hydrogen-bond acceptors (Lipinski definition) is 7. The van der Waals surface area contributed by atoms with E-state index >= 15 is 0 Å². The summed E-state index contributed by atoms with van der Waals surface area (Å²) in [6, 6.07) is 21.9. The predicted octanol–water partition coefficient (Wildman–Crippen LogP) is 5.61. The Hall–Kier alpha value is -3.69. The van der Waals surface area contributed by atoms with E-state index in [1.165, 1.54) is 28.7 Å². The molecule has 0 saturated carbocycles. The van der Waals surface area contributed by atoms with Crippen LogP contribution in [0.5, 0.6) is 0 Å². The zero-order valence-corrected chi connectivity index (χ0v) is 20.0. The molecule has 0 saturated heterocycles. The van der Waals surface area contributed by atoms with E-state index in [2.05, 4.69) is 32.6 Å². The Morgan fingerprint density at radius 1 is 1.06 bits per heavy atom. The molecule has 1 N–H and O–H groups in total. The Kier molecular flexibility index (Phi) is 6.55. The monoisotopic (exact) mass is 487 g/mol. The molecule has 0 atom stereocenters. The molecule has 0 fully saturated rings. The van der Waals surface area contributed by atoms with Crippen LogP contribution >= 0.6 is 23.1 Å². The number of nitrogens with one attached hydrogen (secondary N) is 1. The van der Waals surface area contributed by atoms with Gasteiger partial charge in [0.25, 0.3) is 0 Å². The normalized spacial score (nSPS) is 11.0. The van der Waals surface area contributed by atoms with Crippen LogP contribution in [0.15, 0.2) is 88.8 Å². The van der Waals surface area contributed by atoms with Crippen molar-refractivity contribution in [3.63, 3.8) is 0 Å². The van der Waals surface area contributed by atoms with Crippen LogP contribution < -0.4 is 5.32 Å². The third-order valence-corrected chi connectivity index (χ3v) is 6.86. The second-order valence-corrected chi connectivity index (χ2v) is 9.64. The van der Waals surface area contributed by atoms with Crippen molar-refractivity contribution in [1.29, 1.82) is 0 Å². The van der Waals surface area contributed by atoms with E-state index < -0.39 is 0 Å². The second-order valence-electron chi connectivity index (χ2n) is 7.59. The topological polar surface area (TPSA) is 85.8 Å². The van der Waals surface area contributed by atoms with Crippen molar-refractivity contribution in [2.24, 2.45) is 0 Å². The number of aryl methyl sites for hydroxylation is 1. The van der Waals surface area contributed by atoms with Crippen molar-refractivity contribution < 1.29 is 9.21 Å². The Labute approximate surface area is 204 Å². The molecule has 0 unspecified atom stereocenters. The van der Waals surface area contributed by atoms with E-state index in [9.17, 15) is 4.79 Å². The van der Waals surface area contributed by atoms with Crippen LogP contribution in [0.25, 0.3) is 17.3 Å². The number of thiazole rings is 1. The van der Waals surface area contributed by atoms with Crippen LogP contribution in [0, 0.1) is 6.92 Å². The highest BCUT2D eigenvalue weighted by Crippen LogP contribution is 2.29. The minimum atomic E-state index is -0.149. The number of benzene rings is 2. The van der Waals surface area contributed by atoms with Gasteiger partial charge >= 0.3 is 0 Å². The van der Waals surface area contributed by atoms with E-state index in [1.54, 1.807) is 6.26 Å². The Balaban J connectivity index is 1.28. The number of amides is 1. The van der Waals surface area contributed by atoms with Crippen molar-refractivity contribution in [2.75, 3.05) is 11.1 Å². The fourth-order valence-corrected chi connectivity index (χ4v) is 5.00. The fourth-order valence-electron chi connectivity index (χ4n) is 3.38. The average Bonchev–Trinajstić information content (AvgIpc) is 3.60. The summed E-state index contributed by atoms with van der Waals surface area (Å²) in [5, 5.41) is 12.7. The first-order valence-electron chi connectivity index (χ1n) is 10.6. The third kappa shape index (κ3) is 5.11. The fraction of sp³-hybridized carbons (Fsp3) is 0.120. The number of thioether (sulfide) groups is 1. The highest BCUT2D eigenvalue weighted by Gasteiger charge is 2.19. The number of carbonyl (C=O) groups excluding carboxylic acids is 1. The van der Waals surface area contributed by atoms with Crippen molar-refractivity contribution in [1.82, 2.24) is 19.7 Å². The number of hydrogen-bond donors (Lipinski definition) is 1. The van der Waals surface area contributed by atoms with Crippen molar-refractivity contribution >= 4 is 34.1 Å². The lowest BCUT2D eigenvalue weighted by atomic mass is 10.1. The Morgan fingerprint density at radius 2 is 1.88 bits per heavy atom. The van der Waals surface area contributed by atoms with Gasteiger partial charge in [-0.1, -0.05) is 59.8 Å². The van der Waals surface area contributed by atoms with Crippen molar-refractivity contribution in [3.05, 3.63) is 95.2 Å². The molecule has 9 heteroatoms. The van der Waals surface area contributed by atoms with Gasteiger partial charge in [0.1, 0.15) is 0 Å². The van der Waals surface area contributed by atoms with E-state index in [0.29, 0.717) is 21.9 Å². The molecule has 1 amide bonds.